The highest BCUT2D eigenvalue weighted by Crippen LogP contribution is 2.25. The third-order valence-corrected chi connectivity index (χ3v) is 3.66. The van der Waals surface area contributed by atoms with Crippen molar-refractivity contribution in [1.29, 1.82) is 0 Å². The Labute approximate surface area is 144 Å². The first-order valence-electron chi connectivity index (χ1n) is 7.52. The lowest BCUT2D eigenvalue weighted by Crippen LogP contribution is -2.45. The number of halogens is 1. The molecule has 1 amide bonds. The summed E-state index contributed by atoms with van der Waals surface area (Å²) >= 11 is 0. The van der Waals surface area contributed by atoms with Crippen LogP contribution in [0.5, 0.6) is 11.5 Å². The number of nitrogens with two attached hydrogens (primary N) is 1. The van der Waals surface area contributed by atoms with E-state index in [0.717, 1.165) is 12.1 Å². The summed E-state index contributed by atoms with van der Waals surface area (Å²) in [7, 11) is 3.21. The van der Waals surface area contributed by atoms with Crippen molar-refractivity contribution in [3.8, 4) is 11.5 Å². The Balaban J connectivity index is 0.00000484. The van der Waals surface area contributed by atoms with Crippen molar-refractivity contribution in [3.63, 3.8) is 0 Å². The van der Waals surface area contributed by atoms with Crippen molar-refractivity contribution in [2.75, 3.05) is 32.6 Å². The smallest absolute Gasteiger partial charge is 0.237 e. The number of benzene rings is 1. The van der Waals surface area contributed by atoms with Crippen LogP contribution < -0.4 is 25.8 Å². The molecule has 0 aliphatic carbocycles. The molecule has 1 rings (SSSR count). The number of hydrogen-bond donors (Lipinski definition) is 3. The van der Waals surface area contributed by atoms with Crippen molar-refractivity contribution in [3.05, 3.63) is 18.2 Å². The van der Waals surface area contributed by atoms with Gasteiger partial charge in [0.2, 0.25) is 5.91 Å². The highest BCUT2D eigenvalue weighted by Gasteiger charge is 2.18. The van der Waals surface area contributed by atoms with Crippen LogP contribution in [0.25, 0.3) is 0 Å². The van der Waals surface area contributed by atoms with E-state index in [2.05, 4.69) is 10.6 Å². The van der Waals surface area contributed by atoms with Gasteiger partial charge in [0.1, 0.15) is 11.5 Å². The Hall–Kier alpha value is -1.66. The van der Waals surface area contributed by atoms with E-state index in [1.165, 1.54) is 0 Å². The molecule has 23 heavy (non-hydrogen) atoms. The zero-order valence-electron chi connectivity index (χ0n) is 14.2. The molecular weight excluding hydrogens is 318 g/mol. The number of carbonyl (C=O) groups excluding carboxylic acids is 1. The van der Waals surface area contributed by atoms with Gasteiger partial charge in [0.15, 0.2) is 0 Å². The largest absolute Gasteiger partial charge is 0.497 e. The summed E-state index contributed by atoms with van der Waals surface area (Å²) in [6.45, 7) is 5.10. The van der Waals surface area contributed by atoms with E-state index in [0.29, 0.717) is 24.6 Å². The Morgan fingerprint density at radius 1 is 1.17 bits per heavy atom. The van der Waals surface area contributed by atoms with Crippen LogP contribution in [0.2, 0.25) is 0 Å². The average Bonchev–Trinajstić information content (AvgIpc) is 2.56. The molecule has 0 fully saturated rings. The standard InChI is InChI=1S/C16H27N3O3.ClH/c1-5-11(2)15(17)16(20)19-7-6-18-12-8-13(21-3)10-14(9-12)22-4;/h8-11,15,18H,5-7,17H2,1-4H3,(H,19,20);1H. The number of amides is 1. The quantitative estimate of drug-likeness (QED) is 0.596. The molecule has 0 saturated carbocycles. The van der Waals surface area contributed by atoms with Crippen molar-refractivity contribution >= 4 is 24.0 Å². The van der Waals surface area contributed by atoms with Crippen LogP contribution in [0.3, 0.4) is 0 Å². The van der Waals surface area contributed by atoms with E-state index in [-0.39, 0.29) is 24.2 Å². The highest BCUT2D eigenvalue weighted by atomic mass is 35.5. The molecule has 0 aliphatic heterocycles. The summed E-state index contributed by atoms with van der Waals surface area (Å²) in [5.41, 5.74) is 6.75. The van der Waals surface area contributed by atoms with Crippen LogP contribution in [0.15, 0.2) is 18.2 Å². The van der Waals surface area contributed by atoms with Crippen molar-refractivity contribution in [2.45, 2.75) is 26.3 Å². The number of rotatable bonds is 9. The van der Waals surface area contributed by atoms with Gasteiger partial charge in [0, 0.05) is 37.0 Å². The van der Waals surface area contributed by atoms with Gasteiger partial charge < -0.3 is 25.8 Å². The molecule has 6 nitrogen and oxygen atoms in total. The second-order valence-electron chi connectivity index (χ2n) is 5.23. The molecule has 0 aromatic heterocycles. The number of hydrogen-bond acceptors (Lipinski definition) is 5. The summed E-state index contributed by atoms with van der Waals surface area (Å²) in [5.74, 6) is 1.49. The van der Waals surface area contributed by atoms with E-state index in [4.69, 9.17) is 15.2 Å². The van der Waals surface area contributed by atoms with Crippen LogP contribution in [-0.4, -0.2) is 39.3 Å². The number of anilines is 1. The first-order chi connectivity index (χ1) is 10.5. The Bertz CT molecular complexity index is 463. The molecule has 7 heteroatoms. The van der Waals surface area contributed by atoms with Gasteiger partial charge >= 0.3 is 0 Å². The normalized spacial score (nSPS) is 12.6. The summed E-state index contributed by atoms with van der Waals surface area (Å²) in [6.07, 6.45) is 0.885. The fourth-order valence-corrected chi connectivity index (χ4v) is 1.93. The maximum absolute atomic E-state index is 11.9. The van der Waals surface area contributed by atoms with Gasteiger partial charge in [-0.25, -0.2) is 0 Å². The van der Waals surface area contributed by atoms with Crippen LogP contribution in [0, 0.1) is 5.92 Å². The average molecular weight is 346 g/mol. The van der Waals surface area contributed by atoms with Gasteiger partial charge in [-0.05, 0) is 5.92 Å². The van der Waals surface area contributed by atoms with E-state index in [1.54, 1.807) is 20.3 Å². The third kappa shape index (κ3) is 6.97. The summed E-state index contributed by atoms with van der Waals surface area (Å²) in [4.78, 5) is 11.9. The van der Waals surface area contributed by atoms with Crippen molar-refractivity contribution in [2.24, 2.45) is 11.7 Å². The van der Waals surface area contributed by atoms with Gasteiger partial charge in [-0.2, -0.15) is 0 Å². The van der Waals surface area contributed by atoms with Crippen LogP contribution >= 0.6 is 12.4 Å². The number of methoxy groups -OCH3 is 2. The van der Waals surface area contributed by atoms with E-state index < -0.39 is 6.04 Å². The molecule has 0 aliphatic rings. The molecule has 0 bridgehead atoms. The van der Waals surface area contributed by atoms with Crippen molar-refractivity contribution in [1.82, 2.24) is 5.32 Å². The minimum atomic E-state index is -0.457. The minimum Gasteiger partial charge on any atom is -0.497 e. The summed E-state index contributed by atoms with van der Waals surface area (Å²) in [6, 6.07) is 5.09. The molecule has 4 N–H and O–H groups in total. The molecule has 132 valence electrons. The predicted molar refractivity (Wildman–Crippen MR) is 95.7 cm³/mol. The number of ether oxygens (including phenoxy) is 2. The molecule has 2 unspecified atom stereocenters. The second kappa shape index (κ2) is 11.0. The Morgan fingerprint density at radius 3 is 2.22 bits per heavy atom. The Morgan fingerprint density at radius 2 is 1.74 bits per heavy atom. The van der Waals surface area contributed by atoms with Gasteiger partial charge in [-0.15, -0.1) is 12.4 Å². The molecule has 0 radical (unpaired) electrons. The van der Waals surface area contributed by atoms with E-state index in [9.17, 15) is 4.79 Å². The number of nitrogens with one attached hydrogen (secondary N) is 2. The zero-order valence-corrected chi connectivity index (χ0v) is 15.0. The molecule has 0 saturated heterocycles. The molecule has 0 spiro atoms. The lowest BCUT2D eigenvalue weighted by atomic mass is 9.99. The molecule has 2 atom stereocenters. The number of carbonyl (C=O) groups is 1. The summed E-state index contributed by atoms with van der Waals surface area (Å²) in [5, 5.41) is 6.05. The van der Waals surface area contributed by atoms with Gasteiger partial charge in [0.25, 0.3) is 0 Å². The highest BCUT2D eigenvalue weighted by molar-refractivity contribution is 5.85. The Kier molecular flexibility index (Phi) is 10.2. The molecule has 1 aromatic carbocycles. The van der Waals surface area contributed by atoms with Gasteiger partial charge in [-0.3, -0.25) is 4.79 Å². The van der Waals surface area contributed by atoms with Crippen LogP contribution in [0.1, 0.15) is 20.3 Å². The van der Waals surface area contributed by atoms with E-state index >= 15 is 0 Å². The second-order valence-corrected chi connectivity index (χ2v) is 5.23. The molecule has 1 aromatic rings. The van der Waals surface area contributed by atoms with Gasteiger partial charge in [-0.1, -0.05) is 20.3 Å². The van der Waals surface area contributed by atoms with Gasteiger partial charge in [0.05, 0.1) is 20.3 Å². The van der Waals surface area contributed by atoms with Crippen LogP contribution in [0.4, 0.5) is 5.69 Å². The molecule has 0 heterocycles. The van der Waals surface area contributed by atoms with E-state index in [1.807, 2.05) is 26.0 Å². The minimum absolute atomic E-state index is 0. The first-order valence-corrected chi connectivity index (χ1v) is 7.52. The fourth-order valence-electron chi connectivity index (χ4n) is 1.93. The fraction of sp³-hybridized carbons (Fsp3) is 0.562. The maximum Gasteiger partial charge on any atom is 0.237 e. The summed E-state index contributed by atoms with van der Waals surface area (Å²) < 4.78 is 10.4. The molecular formula is C16H28ClN3O3. The maximum atomic E-state index is 11.9. The SMILES string of the molecule is CCC(C)C(N)C(=O)NCCNc1cc(OC)cc(OC)c1.Cl. The zero-order chi connectivity index (χ0) is 16.5. The lowest BCUT2D eigenvalue weighted by molar-refractivity contribution is -0.123. The van der Waals surface area contributed by atoms with Crippen molar-refractivity contribution < 1.29 is 14.3 Å². The predicted octanol–water partition coefficient (Wildman–Crippen LogP) is 2.03. The lowest BCUT2D eigenvalue weighted by Gasteiger charge is -2.18. The third-order valence-electron chi connectivity index (χ3n) is 3.66. The monoisotopic (exact) mass is 345 g/mol. The van der Waals surface area contributed by atoms with Crippen LogP contribution in [-0.2, 0) is 4.79 Å². The topological polar surface area (TPSA) is 85.6 Å². The first kappa shape index (κ1) is 21.3.